The van der Waals surface area contributed by atoms with Crippen LogP contribution in [0, 0.1) is 10.1 Å². The molecule has 0 aliphatic heterocycles. The van der Waals surface area contributed by atoms with E-state index in [2.05, 4.69) is 0 Å². The smallest absolute Gasteiger partial charge is 0.333 e. The Balaban J connectivity index is 3.13. The minimum atomic E-state index is -2.00. The number of carboxylic acids is 1. The van der Waals surface area contributed by atoms with Crippen LogP contribution in [0.2, 0.25) is 0 Å². The van der Waals surface area contributed by atoms with Gasteiger partial charge in [0.25, 0.3) is 0 Å². The number of alkyl halides is 2. The number of allylic oxidation sites excluding steroid dienone is 1. The molecule has 2 unspecified atom stereocenters. The molecular weight excluding hydrogens is 233 g/mol. The number of nitro groups is 1. The van der Waals surface area contributed by atoms with Crippen LogP contribution >= 0.6 is 23.2 Å². The molecule has 0 saturated heterocycles. The van der Waals surface area contributed by atoms with Crippen molar-refractivity contribution in [1.29, 1.82) is 0 Å². The SMILES string of the molecule is O=C(O)C1=CC(Cl)([N+](=O)[O-])C=CC1Cl. The molecule has 0 aromatic heterocycles. The van der Waals surface area contributed by atoms with E-state index in [0.717, 1.165) is 12.2 Å². The second-order valence-electron chi connectivity index (χ2n) is 2.65. The highest BCUT2D eigenvalue weighted by Crippen LogP contribution is 2.29. The second-order valence-corrected chi connectivity index (χ2v) is 3.73. The maximum absolute atomic E-state index is 10.6. The Bertz CT molecular complexity index is 352. The van der Waals surface area contributed by atoms with Crippen LogP contribution in [0.3, 0.4) is 0 Å². The molecule has 0 radical (unpaired) electrons. The first-order valence-corrected chi connectivity index (χ1v) is 4.31. The van der Waals surface area contributed by atoms with Gasteiger partial charge >= 0.3 is 11.0 Å². The van der Waals surface area contributed by atoms with E-state index in [-0.39, 0.29) is 5.57 Å². The molecule has 0 heterocycles. The monoisotopic (exact) mass is 237 g/mol. The van der Waals surface area contributed by atoms with Gasteiger partial charge in [0.2, 0.25) is 0 Å². The molecule has 0 saturated carbocycles. The van der Waals surface area contributed by atoms with E-state index in [9.17, 15) is 14.9 Å². The first-order valence-electron chi connectivity index (χ1n) is 3.50. The number of carbonyl (C=O) groups is 1. The summed E-state index contributed by atoms with van der Waals surface area (Å²) in [5.41, 5.74) is -0.291. The number of aliphatic carboxylic acids is 1. The van der Waals surface area contributed by atoms with Crippen molar-refractivity contribution in [2.45, 2.75) is 10.4 Å². The lowest BCUT2D eigenvalue weighted by atomic mass is 10.0. The van der Waals surface area contributed by atoms with Crippen molar-refractivity contribution in [2.24, 2.45) is 0 Å². The Morgan fingerprint density at radius 1 is 1.71 bits per heavy atom. The van der Waals surface area contributed by atoms with Crippen LogP contribution < -0.4 is 0 Å². The zero-order valence-electron chi connectivity index (χ0n) is 6.68. The Hall–Kier alpha value is -1.07. The summed E-state index contributed by atoms with van der Waals surface area (Å²) in [5.74, 6) is -1.32. The molecule has 14 heavy (non-hydrogen) atoms. The first kappa shape index (κ1) is 11.0. The summed E-state index contributed by atoms with van der Waals surface area (Å²) in [7, 11) is 0. The fourth-order valence-corrected chi connectivity index (χ4v) is 1.38. The number of carboxylic acid groups (broad SMARTS) is 1. The van der Waals surface area contributed by atoms with Crippen molar-refractivity contribution in [3.63, 3.8) is 0 Å². The van der Waals surface area contributed by atoms with Crippen LogP contribution in [0.15, 0.2) is 23.8 Å². The van der Waals surface area contributed by atoms with Crippen LogP contribution in [0.25, 0.3) is 0 Å². The fraction of sp³-hybridized carbons (Fsp3) is 0.286. The number of halogens is 2. The van der Waals surface area contributed by atoms with Crippen molar-refractivity contribution in [1.82, 2.24) is 0 Å². The van der Waals surface area contributed by atoms with Gasteiger partial charge in [0.05, 0.1) is 15.9 Å². The van der Waals surface area contributed by atoms with Crippen LogP contribution in [0.4, 0.5) is 0 Å². The van der Waals surface area contributed by atoms with Crippen molar-refractivity contribution in [3.8, 4) is 0 Å². The Morgan fingerprint density at radius 2 is 2.29 bits per heavy atom. The molecule has 0 fully saturated rings. The number of nitrogens with zero attached hydrogens (tertiary/aromatic N) is 1. The van der Waals surface area contributed by atoms with E-state index >= 15 is 0 Å². The lowest BCUT2D eigenvalue weighted by Gasteiger charge is -2.17. The topological polar surface area (TPSA) is 80.4 Å². The van der Waals surface area contributed by atoms with Gasteiger partial charge in [-0.3, -0.25) is 10.1 Å². The third-order valence-electron chi connectivity index (χ3n) is 1.68. The summed E-state index contributed by atoms with van der Waals surface area (Å²) in [6, 6.07) is 0. The summed E-state index contributed by atoms with van der Waals surface area (Å²) >= 11 is 11.1. The van der Waals surface area contributed by atoms with E-state index < -0.39 is 21.3 Å². The summed E-state index contributed by atoms with van der Waals surface area (Å²) < 4.78 is 0. The zero-order valence-corrected chi connectivity index (χ0v) is 8.20. The molecule has 0 aromatic carbocycles. The predicted octanol–water partition coefficient (Wildman–Crippen LogP) is 1.39. The molecular formula is C7H5Cl2NO4. The van der Waals surface area contributed by atoms with Gasteiger partial charge in [-0.2, -0.15) is 0 Å². The summed E-state index contributed by atoms with van der Waals surface area (Å²) in [4.78, 5) is 18.3. The number of rotatable bonds is 2. The molecule has 1 N–H and O–H groups in total. The van der Waals surface area contributed by atoms with Gasteiger partial charge in [-0.25, -0.2) is 4.79 Å². The van der Waals surface area contributed by atoms with Gasteiger partial charge in [0, 0.05) is 12.2 Å². The van der Waals surface area contributed by atoms with Crippen LogP contribution in [-0.2, 0) is 4.79 Å². The van der Waals surface area contributed by atoms with Gasteiger partial charge < -0.3 is 5.11 Å². The van der Waals surface area contributed by atoms with Crippen molar-refractivity contribution >= 4 is 29.2 Å². The van der Waals surface area contributed by atoms with Crippen LogP contribution in [0.5, 0.6) is 0 Å². The molecule has 76 valence electrons. The Kier molecular flexibility index (Phi) is 2.82. The lowest BCUT2D eigenvalue weighted by Crippen LogP contribution is -2.32. The molecule has 1 rings (SSSR count). The molecule has 0 amide bonds. The summed E-state index contributed by atoms with van der Waals surface area (Å²) in [6.45, 7) is 0. The largest absolute Gasteiger partial charge is 0.478 e. The zero-order chi connectivity index (χ0) is 10.9. The van der Waals surface area contributed by atoms with Gasteiger partial charge in [-0.1, -0.05) is 6.08 Å². The molecule has 2 atom stereocenters. The van der Waals surface area contributed by atoms with Crippen molar-refractivity contribution in [3.05, 3.63) is 33.9 Å². The van der Waals surface area contributed by atoms with Crippen LogP contribution in [-0.4, -0.2) is 26.4 Å². The minimum Gasteiger partial charge on any atom is -0.478 e. The average molecular weight is 238 g/mol. The molecule has 0 aromatic rings. The Morgan fingerprint density at radius 3 is 2.71 bits per heavy atom. The highest BCUT2D eigenvalue weighted by Gasteiger charge is 2.40. The van der Waals surface area contributed by atoms with E-state index in [1.54, 1.807) is 0 Å². The number of hydrogen-bond donors (Lipinski definition) is 1. The summed E-state index contributed by atoms with van der Waals surface area (Å²) in [6.07, 6.45) is 3.06. The van der Waals surface area contributed by atoms with Crippen molar-refractivity contribution < 1.29 is 14.8 Å². The van der Waals surface area contributed by atoms with Crippen LogP contribution in [0.1, 0.15) is 0 Å². The third-order valence-corrected chi connectivity index (χ3v) is 2.43. The van der Waals surface area contributed by atoms with Crippen molar-refractivity contribution in [2.75, 3.05) is 0 Å². The minimum absolute atomic E-state index is 0.291. The highest BCUT2D eigenvalue weighted by atomic mass is 35.5. The second kappa shape index (κ2) is 3.59. The highest BCUT2D eigenvalue weighted by molar-refractivity contribution is 6.29. The van der Waals surface area contributed by atoms with E-state index in [1.807, 2.05) is 0 Å². The molecule has 0 spiro atoms. The predicted molar refractivity (Wildman–Crippen MR) is 50.1 cm³/mol. The molecule has 7 heteroatoms. The standard InChI is InChI=1S/C7H5Cl2NO4/c8-5-1-2-7(9,10(13)14)3-4(5)6(11)12/h1-3,5H,(H,11,12). The van der Waals surface area contributed by atoms with Gasteiger partial charge in [-0.15, -0.1) is 11.6 Å². The molecule has 1 aliphatic carbocycles. The van der Waals surface area contributed by atoms with Gasteiger partial charge in [0.15, 0.2) is 0 Å². The maximum Gasteiger partial charge on any atom is 0.333 e. The first-order chi connectivity index (χ1) is 6.37. The summed E-state index contributed by atoms with van der Waals surface area (Å²) in [5, 5.41) is 18.3. The molecule has 1 aliphatic rings. The maximum atomic E-state index is 10.6. The fourth-order valence-electron chi connectivity index (χ4n) is 0.962. The Labute approximate surface area is 88.8 Å². The quantitative estimate of drug-likeness (QED) is 0.259. The van der Waals surface area contributed by atoms with E-state index in [4.69, 9.17) is 28.3 Å². The lowest BCUT2D eigenvalue weighted by molar-refractivity contribution is -0.514. The van der Waals surface area contributed by atoms with Gasteiger partial charge in [-0.05, 0) is 11.6 Å². The molecule has 0 bridgehead atoms. The van der Waals surface area contributed by atoms with E-state index in [0.29, 0.717) is 0 Å². The van der Waals surface area contributed by atoms with Gasteiger partial charge in [0.1, 0.15) is 0 Å². The normalized spacial score (nSPS) is 31.0. The third kappa shape index (κ3) is 1.88. The molecule has 5 nitrogen and oxygen atoms in total. The average Bonchev–Trinajstić information content (AvgIpc) is 2.09. The van der Waals surface area contributed by atoms with E-state index in [1.165, 1.54) is 6.08 Å². The number of hydrogen-bond acceptors (Lipinski definition) is 3.